The number of carboxylic acid groups (broad SMARTS) is 1. The van der Waals surface area contributed by atoms with Crippen LogP contribution in [0.2, 0.25) is 5.02 Å². The topological polar surface area (TPSA) is 93.7 Å². The molecule has 0 unspecified atom stereocenters. The predicted octanol–water partition coefficient (Wildman–Crippen LogP) is 5.19. The highest BCUT2D eigenvalue weighted by atomic mass is 35.5. The highest BCUT2D eigenvalue weighted by Crippen LogP contribution is 2.32. The van der Waals surface area contributed by atoms with E-state index in [0.717, 1.165) is 16.6 Å². The van der Waals surface area contributed by atoms with Crippen LogP contribution in [0.15, 0.2) is 66.7 Å². The van der Waals surface area contributed by atoms with E-state index < -0.39 is 5.97 Å². The molecule has 0 radical (unpaired) electrons. The van der Waals surface area contributed by atoms with Crippen LogP contribution in [0, 0.1) is 0 Å². The Kier molecular flexibility index (Phi) is 6.77. The van der Waals surface area contributed by atoms with Gasteiger partial charge in [-0.15, -0.1) is 0 Å². The predicted molar refractivity (Wildman–Crippen MR) is 122 cm³/mol. The minimum Gasteiger partial charge on any atom is -0.493 e. The first kappa shape index (κ1) is 21.5. The summed E-state index contributed by atoms with van der Waals surface area (Å²) in [5.74, 6) is 1.51. The van der Waals surface area contributed by atoms with Gasteiger partial charge in [-0.1, -0.05) is 23.7 Å². The van der Waals surface area contributed by atoms with E-state index in [9.17, 15) is 4.79 Å². The van der Waals surface area contributed by atoms with E-state index >= 15 is 0 Å². The molecule has 164 valence electrons. The van der Waals surface area contributed by atoms with Crippen LogP contribution in [0.4, 0.5) is 0 Å². The molecule has 0 aliphatic rings. The van der Waals surface area contributed by atoms with Gasteiger partial charge in [-0.2, -0.15) is 0 Å². The molecule has 0 saturated heterocycles. The largest absolute Gasteiger partial charge is 0.493 e. The third kappa shape index (κ3) is 5.50. The lowest BCUT2D eigenvalue weighted by atomic mass is 10.2. The Hall–Kier alpha value is -3.71. The summed E-state index contributed by atoms with van der Waals surface area (Å²) in [5, 5.41) is 9.24. The lowest BCUT2D eigenvalue weighted by Crippen LogP contribution is -2.09. The van der Waals surface area contributed by atoms with Gasteiger partial charge in [0, 0.05) is 11.4 Å². The van der Waals surface area contributed by atoms with E-state index in [4.69, 9.17) is 30.9 Å². The fourth-order valence-corrected chi connectivity index (χ4v) is 3.27. The first-order valence-corrected chi connectivity index (χ1v) is 10.4. The number of fused-ring (bicyclic) bond motifs is 1. The van der Waals surface area contributed by atoms with Crippen LogP contribution >= 0.6 is 11.6 Å². The average molecular weight is 453 g/mol. The van der Waals surface area contributed by atoms with E-state index in [1.54, 1.807) is 30.3 Å². The molecule has 4 aromatic rings. The van der Waals surface area contributed by atoms with E-state index in [-0.39, 0.29) is 6.61 Å². The van der Waals surface area contributed by atoms with Crippen molar-refractivity contribution in [2.24, 2.45) is 0 Å². The summed E-state index contributed by atoms with van der Waals surface area (Å²) in [4.78, 5) is 18.5. The number of hydrogen-bond donors (Lipinski definition) is 2. The van der Waals surface area contributed by atoms with Crippen LogP contribution in [0.5, 0.6) is 17.2 Å². The highest BCUT2D eigenvalue weighted by molar-refractivity contribution is 6.30. The molecule has 0 amide bonds. The number of rotatable bonds is 10. The highest BCUT2D eigenvalue weighted by Gasteiger charge is 2.12. The number of imidazole rings is 1. The normalized spacial score (nSPS) is 10.8. The molecule has 1 heterocycles. The zero-order valence-corrected chi connectivity index (χ0v) is 17.8. The third-order valence-electron chi connectivity index (χ3n) is 4.59. The summed E-state index contributed by atoms with van der Waals surface area (Å²) in [6.07, 6.45) is 0.666. The molecule has 3 aromatic carbocycles. The summed E-state index contributed by atoms with van der Waals surface area (Å²) < 4.78 is 16.8. The van der Waals surface area contributed by atoms with Crippen LogP contribution in [0.1, 0.15) is 6.42 Å². The van der Waals surface area contributed by atoms with Crippen molar-refractivity contribution < 1.29 is 24.1 Å². The number of ether oxygens (including phenoxy) is 3. The van der Waals surface area contributed by atoms with Gasteiger partial charge >= 0.3 is 5.97 Å². The van der Waals surface area contributed by atoms with Gasteiger partial charge in [-0.25, -0.2) is 9.78 Å². The molecule has 0 bridgehead atoms. The number of nitrogens with zero attached hydrogens (tertiary/aromatic N) is 1. The molecular formula is C24H21ClN2O5. The van der Waals surface area contributed by atoms with E-state index in [2.05, 4.69) is 9.97 Å². The lowest BCUT2D eigenvalue weighted by molar-refractivity contribution is -0.139. The van der Waals surface area contributed by atoms with E-state index in [0.29, 0.717) is 47.7 Å². The molecule has 4 rings (SSSR count). The minimum absolute atomic E-state index is 0.377. The molecule has 1 aromatic heterocycles. The second kappa shape index (κ2) is 10.1. The standard InChI is InChI=1S/C24H21ClN2O5/c25-16-6-11-22(19(14-16)24-26-20-4-1-2-5-21(20)27-24)31-13-3-12-30-17-7-9-18(10-8-17)32-15-23(28)29/h1-2,4-11,14H,3,12-13,15H2,(H,26,27)(H,28,29). The smallest absolute Gasteiger partial charge is 0.341 e. The summed E-state index contributed by atoms with van der Waals surface area (Å²) in [7, 11) is 0. The number of aromatic nitrogens is 2. The second-order valence-corrected chi connectivity index (χ2v) is 7.38. The number of nitrogens with one attached hydrogen (secondary N) is 1. The first-order valence-electron chi connectivity index (χ1n) is 10.0. The van der Waals surface area contributed by atoms with Gasteiger partial charge in [-0.05, 0) is 54.6 Å². The van der Waals surface area contributed by atoms with Crippen molar-refractivity contribution in [1.82, 2.24) is 9.97 Å². The Bertz CT molecular complexity index is 1170. The Balaban J connectivity index is 1.31. The van der Waals surface area contributed by atoms with E-state index in [1.165, 1.54) is 0 Å². The summed E-state index contributed by atoms with van der Waals surface area (Å²) in [6.45, 7) is 0.538. The van der Waals surface area contributed by atoms with Gasteiger partial charge in [0.2, 0.25) is 0 Å². The van der Waals surface area contributed by atoms with Gasteiger partial charge in [0.1, 0.15) is 23.1 Å². The average Bonchev–Trinajstić information content (AvgIpc) is 3.23. The second-order valence-electron chi connectivity index (χ2n) is 6.95. The Morgan fingerprint density at radius 2 is 1.66 bits per heavy atom. The molecule has 0 atom stereocenters. The number of carboxylic acids is 1. The molecule has 0 saturated carbocycles. The van der Waals surface area contributed by atoms with Crippen LogP contribution in [0.3, 0.4) is 0 Å². The fourth-order valence-electron chi connectivity index (χ4n) is 3.10. The van der Waals surface area contributed by atoms with Crippen LogP contribution in [0.25, 0.3) is 22.4 Å². The number of hydrogen-bond acceptors (Lipinski definition) is 5. The van der Waals surface area contributed by atoms with Gasteiger partial charge < -0.3 is 24.3 Å². The maximum Gasteiger partial charge on any atom is 0.341 e. The van der Waals surface area contributed by atoms with Crippen molar-refractivity contribution in [3.63, 3.8) is 0 Å². The third-order valence-corrected chi connectivity index (χ3v) is 4.82. The maximum atomic E-state index is 10.5. The lowest BCUT2D eigenvalue weighted by Gasteiger charge is -2.11. The monoisotopic (exact) mass is 452 g/mol. The van der Waals surface area contributed by atoms with Gasteiger partial charge in [0.15, 0.2) is 6.61 Å². The molecule has 0 aliphatic carbocycles. The fraction of sp³-hybridized carbons (Fsp3) is 0.167. The van der Waals surface area contributed by atoms with E-state index in [1.807, 2.05) is 36.4 Å². The number of carbonyl (C=O) groups is 1. The number of aliphatic carboxylic acids is 1. The van der Waals surface area contributed by atoms with Crippen molar-refractivity contribution in [2.75, 3.05) is 19.8 Å². The molecule has 0 fully saturated rings. The summed E-state index contributed by atoms with van der Waals surface area (Å²) in [6, 6.07) is 20.1. The summed E-state index contributed by atoms with van der Waals surface area (Å²) in [5.41, 5.74) is 2.62. The molecule has 0 aliphatic heterocycles. The van der Waals surface area contributed by atoms with Gasteiger partial charge in [0.25, 0.3) is 0 Å². The quantitative estimate of drug-likeness (QED) is 0.321. The van der Waals surface area contributed by atoms with Crippen molar-refractivity contribution in [2.45, 2.75) is 6.42 Å². The van der Waals surface area contributed by atoms with Crippen LogP contribution < -0.4 is 14.2 Å². The SMILES string of the molecule is O=C(O)COc1ccc(OCCCOc2ccc(Cl)cc2-c2nc3ccccc3[nH]2)cc1. The van der Waals surface area contributed by atoms with Crippen molar-refractivity contribution in [3.8, 4) is 28.6 Å². The molecule has 0 spiro atoms. The van der Waals surface area contributed by atoms with Gasteiger partial charge in [-0.3, -0.25) is 0 Å². The number of halogens is 1. The van der Waals surface area contributed by atoms with Gasteiger partial charge in [0.05, 0.1) is 29.8 Å². The maximum absolute atomic E-state index is 10.5. The molecular weight excluding hydrogens is 432 g/mol. The number of H-pyrrole nitrogens is 1. The number of para-hydroxylation sites is 2. The Labute approximate surface area is 189 Å². The molecule has 8 heteroatoms. The Morgan fingerprint density at radius 1 is 0.938 bits per heavy atom. The molecule has 32 heavy (non-hydrogen) atoms. The van der Waals surface area contributed by atoms with Crippen LogP contribution in [-0.2, 0) is 4.79 Å². The van der Waals surface area contributed by atoms with Crippen LogP contribution in [-0.4, -0.2) is 40.9 Å². The number of benzene rings is 3. The zero-order valence-electron chi connectivity index (χ0n) is 17.1. The van der Waals surface area contributed by atoms with Crippen molar-refractivity contribution in [3.05, 3.63) is 71.8 Å². The molecule has 2 N–H and O–H groups in total. The zero-order chi connectivity index (χ0) is 22.3. The Morgan fingerprint density at radius 3 is 2.41 bits per heavy atom. The van der Waals surface area contributed by atoms with Crippen molar-refractivity contribution in [1.29, 1.82) is 0 Å². The summed E-state index contributed by atoms with van der Waals surface area (Å²) >= 11 is 6.21. The minimum atomic E-state index is -1.02. The van der Waals surface area contributed by atoms with Crippen molar-refractivity contribution >= 4 is 28.6 Å². The first-order chi connectivity index (χ1) is 15.6. The molecule has 7 nitrogen and oxygen atoms in total. The number of aromatic amines is 1.